The summed E-state index contributed by atoms with van der Waals surface area (Å²) in [5.41, 5.74) is 0. The summed E-state index contributed by atoms with van der Waals surface area (Å²) in [7, 11) is 0. The normalized spacial score (nSPS) is 40.3. The van der Waals surface area contributed by atoms with Crippen molar-refractivity contribution >= 4 is 0 Å². The summed E-state index contributed by atoms with van der Waals surface area (Å²) in [4.78, 5) is 2.70. The molecule has 2 saturated heterocycles. The van der Waals surface area contributed by atoms with Gasteiger partial charge < -0.3 is 10.2 Å². The Balaban J connectivity index is 1.78. The molecule has 0 aliphatic carbocycles. The second kappa shape index (κ2) is 4.63. The lowest BCUT2D eigenvalue weighted by Gasteiger charge is -2.29. The van der Waals surface area contributed by atoms with Gasteiger partial charge in [-0.05, 0) is 51.1 Å². The molecule has 0 aromatic rings. The molecule has 3 atom stereocenters. The Morgan fingerprint density at radius 1 is 1.36 bits per heavy atom. The van der Waals surface area contributed by atoms with Gasteiger partial charge in [0.05, 0.1) is 0 Å². The van der Waals surface area contributed by atoms with Gasteiger partial charge in [0.25, 0.3) is 0 Å². The van der Waals surface area contributed by atoms with E-state index in [1.165, 1.54) is 45.4 Å². The Morgan fingerprint density at radius 3 is 2.79 bits per heavy atom. The van der Waals surface area contributed by atoms with E-state index < -0.39 is 0 Å². The topological polar surface area (TPSA) is 15.3 Å². The lowest BCUT2D eigenvalue weighted by molar-refractivity contribution is 0.201. The first kappa shape index (κ1) is 10.4. The molecule has 2 aliphatic heterocycles. The Labute approximate surface area is 88.1 Å². The monoisotopic (exact) mass is 196 g/mol. The molecule has 3 unspecified atom stereocenters. The number of piperidine rings is 1. The van der Waals surface area contributed by atoms with Gasteiger partial charge in [-0.15, -0.1) is 0 Å². The van der Waals surface area contributed by atoms with Crippen LogP contribution < -0.4 is 5.32 Å². The SMILES string of the molecule is CC1CC(C)N(CC2CCCNC2)C1. The Hall–Kier alpha value is -0.0800. The fraction of sp³-hybridized carbons (Fsp3) is 1.00. The predicted molar refractivity (Wildman–Crippen MR) is 60.4 cm³/mol. The fourth-order valence-electron chi connectivity index (χ4n) is 3.05. The zero-order valence-corrected chi connectivity index (χ0v) is 9.63. The highest BCUT2D eigenvalue weighted by molar-refractivity contribution is 4.83. The predicted octanol–water partition coefficient (Wildman–Crippen LogP) is 1.72. The Bertz CT molecular complexity index is 175. The largest absolute Gasteiger partial charge is 0.316 e. The van der Waals surface area contributed by atoms with E-state index in [0.29, 0.717) is 0 Å². The van der Waals surface area contributed by atoms with E-state index in [2.05, 4.69) is 24.1 Å². The minimum Gasteiger partial charge on any atom is -0.316 e. The van der Waals surface area contributed by atoms with Crippen LogP contribution in [0.3, 0.4) is 0 Å². The van der Waals surface area contributed by atoms with Crippen LogP contribution in [0, 0.1) is 11.8 Å². The highest BCUT2D eigenvalue weighted by Crippen LogP contribution is 2.24. The van der Waals surface area contributed by atoms with Crippen molar-refractivity contribution in [1.82, 2.24) is 10.2 Å². The third kappa shape index (κ3) is 2.48. The Morgan fingerprint density at radius 2 is 2.21 bits per heavy atom. The van der Waals surface area contributed by atoms with Gasteiger partial charge in [0, 0.05) is 19.1 Å². The smallest absolute Gasteiger partial charge is 0.00701 e. The number of hydrogen-bond donors (Lipinski definition) is 1. The molecule has 0 bridgehead atoms. The zero-order chi connectivity index (χ0) is 9.97. The van der Waals surface area contributed by atoms with Crippen LogP contribution in [0.15, 0.2) is 0 Å². The molecular formula is C12H24N2. The summed E-state index contributed by atoms with van der Waals surface area (Å²) in [5.74, 6) is 1.83. The summed E-state index contributed by atoms with van der Waals surface area (Å²) >= 11 is 0. The summed E-state index contributed by atoms with van der Waals surface area (Å²) in [6, 6.07) is 0.826. The molecule has 1 N–H and O–H groups in total. The molecule has 2 heterocycles. The minimum absolute atomic E-state index is 0.826. The molecular weight excluding hydrogens is 172 g/mol. The molecule has 82 valence electrons. The molecule has 0 amide bonds. The quantitative estimate of drug-likeness (QED) is 0.723. The van der Waals surface area contributed by atoms with Crippen LogP contribution in [0.4, 0.5) is 0 Å². The highest BCUT2D eigenvalue weighted by Gasteiger charge is 2.28. The van der Waals surface area contributed by atoms with Crippen molar-refractivity contribution in [3.63, 3.8) is 0 Å². The van der Waals surface area contributed by atoms with Gasteiger partial charge in [-0.25, -0.2) is 0 Å². The van der Waals surface area contributed by atoms with Crippen molar-refractivity contribution in [2.45, 2.75) is 39.2 Å². The van der Waals surface area contributed by atoms with Gasteiger partial charge in [-0.1, -0.05) is 6.92 Å². The third-order valence-electron chi connectivity index (χ3n) is 3.80. The number of nitrogens with one attached hydrogen (secondary N) is 1. The zero-order valence-electron chi connectivity index (χ0n) is 9.63. The second-order valence-electron chi connectivity index (χ2n) is 5.36. The standard InChI is InChI=1S/C12H24N2/c1-10-6-11(2)14(8-10)9-12-4-3-5-13-7-12/h10-13H,3-9H2,1-2H3. The second-order valence-corrected chi connectivity index (χ2v) is 5.36. The van der Waals surface area contributed by atoms with E-state index in [9.17, 15) is 0 Å². The third-order valence-corrected chi connectivity index (χ3v) is 3.80. The molecule has 2 nitrogen and oxygen atoms in total. The fourth-order valence-corrected chi connectivity index (χ4v) is 3.05. The van der Waals surface area contributed by atoms with Crippen LogP contribution in [-0.4, -0.2) is 37.1 Å². The van der Waals surface area contributed by atoms with Crippen molar-refractivity contribution in [2.24, 2.45) is 11.8 Å². The number of likely N-dealkylation sites (tertiary alicyclic amines) is 1. The van der Waals surface area contributed by atoms with Gasteiger partial charge in [0.15, 0.2) is 0 Å². The minimum atomic E-state index is 0.826. The van der Waals surface area contributed by atoms with Crippen molar-refractivity contribution in [1.29, 1.82) is 0 Å². The maximum atomic E-state index is 3.51. The summed E-state index contributed by atoms with van der Waals surface area (Å²) in [5, 5.41) is 3.51. The average Bonchev–Trinajstić information content (AvgIpc) is 2.47. The first-order valence-electron chi connectivity index (χ1n) is 6.20. The van der Waals surface area contributed by atoms with Crippen LogP contribution in [-0.2, 0) is 0 Å². The molecule has 2 aliphatic rings. The van der Waals surface area contributed by atoms with Crippen molar-refractivity contribution in [3.8, 4) is 0 Å². The van der Waals surface area contributed by atoms with Crippen LogP contribution in [0.1, 0.15) is 33.1 Å². The number of nitrogens with zero attached hydrogens (tertiary/aromatic N) is 1. The van der Waals surface area contributed by atoms with Crippen molar-refractivity contribution < 1.29 is 0 Å². The summed E-state index contributed by atoms with van der Waals surface area (Å²) < 4.78 is 0. The maximum absolute atomic E-state index is 3.51. The van der Waals surface area contributed by atoms with E-state index in [0.717, 1.165) is 17.9 Å². The molecule has 14 heavy (non-hydrogen) atoms. The molecule has 2 rings (SSSR count). The van der Waals surface area contributed by atoms with Gasteiger partial charge in [-0.3, -0.25) is 0 Å². The molecule has 0 radical (unpaired) electrons. The number of rotatable bonds is 2. The lowest BCUT2D eigenvalue weighted by Crippen LogP contribution is -2.39. The first-order chi connectivity index (χ1) is 6.75. The van der Waals surface area contributed by atoms with Crippen LogP contribution in [0.5, 0.6) is 0 Å². The van der Waals surface area contributed by atoms with E-state index in [1.54, 1.807) is 0 Å². The van der Waals surface area contributed by atoms with Gasteiger partial charge in [-0.2, -0.15) is 0 Å². The Kier molecular flexibility index (Phi) is 3.45. The maximum Gasteiger partial charge on any atom is 0.00701 e. The van der Waals surface area contributed by atoms with E-state index in [1.807, 2.05) is 0 Å². The molecule has 0 aromatic heterocycles. The van der Waals surface area contributed by atoms with E-state index in [-0.39, 0.29) is 0 Å². The molecule has 2 fully saturated rings. The molecule has 0 aromatic carbocycles. The van der Waals surface area contributed by atoms with Crippen molar-refractivity contribution in [2.75, 3.05) is 26.2 Å². The highest BCUT2D eigenvalue weighted by atomic mass is 15.2. The lowest BCUT2D eigenvalue weighted by atomic mass is 9.99. The van der Waals surface area contributed by atoms with Gasteiger partial charge in [0.2, 0.25) is 0 Å². The average molecular weight is 196 g/mol. The van der Waals surface area contributed by atoms with Crippen LogP contribution in [0.2, 0.25) is 0 Å². The molecule has 0 spiro atoms. The molecule has 2 heteroatoms. The number of hydrogen-bond acceptors (Lipinski definition) is 2. The van der Waals surface area contributed by atoms with E-state index >= 15 is 0 Å². The van der Waals surface area contributed by atoms with Gasteiger partial charge in [0.1, 0.15) is 0 Å². The molecule has 0 saturated carbocycles. The summed E-state index contributed by atoms with van der Waals surface area (Å²) in [6.07, 6.45) is 4.22. The summed E-state index contributed by atoms with van der Waals surface area (Å²) in [6.45, 7) is 9.92. The van der Waals surface area contributed by atoms with Crippen molar-refractivity contribution in [3.05, 3.63) is 0 Å². The van der Waals surface area contributed by atoms with Gasteiger partial charge >= 0.3 is 0 Å². The first-order valence-corrected chi connectivity index (χ1v) is 6.20. The van der Waals surface area contributed by atoms with E-state index in [4.69, 9.17) is 0 Å². The van der Waals surface area contributed by atoms with Crippen LogP contribution >= 0.6 is 0 Å². The van der Waals surface area contributed by atoms with Crippen LogP contribution in [0.25, 0.3) is 0 Å².